The van der Waals surface area contributed by atoms with Gasteiger partial charge in [-0.15, -0.1) is 5.10 Å². The molecular weight excluding hydrogens is 268 g/mol. The number of aromatic nitrogens is 4. The lowest BCUT2D eigenvalue weighted by molar-refractivity contribution is 0.312. The number of anilines is 2. The van der Waals surface area contributed by atoms with Crippen molar-refractivity contribution in [3.05, 3.63) is 24.0 Å². The van der Waals surface area contributed by atoms with Crippen LogP contribution in [0.3, 0.4) is 0 Å². The van der Waals surface area contributed by atoms with Crippen molar-refractivity contribution >= 4 is 11.6 Å². The zero-order valence-corrected chi connectivity index (χ0v) is 11.8. The predicted molar refractivity (Wildman–Crippen MR) is 78.0 cm³/mol. The summed E-state index contributed by atoms with van der Waals surface area (Å²) in [5, 5.41) is 13.8. The molecule has 3 heterocycles. The fourth-order valence-corrected chi connectivity index (χ4v) is 2.32. The Labute approximate surface area is 122 Å². The van der Waals surface area contributed by atoms with Gasteiger partial charge in [0.2, 0.25) is 0 Å². The van der Waals surface area contributed by atoms with Crippen molar-refractivity contribution in [1.82, 2.24) is 24.6 Å². The molecule has 21 heavy (non-hydrogen) atoms. The van der Waals surface area contributed by atoms with Crippen molar-refractivity contribution in [2.24, 2.45) is 0 Å². The maximum Gasteiger partial charge on any atom is 0.252 e. The monoisotopic (exact) mass is 284 g/mol. The van der Waals surface area contributed by atoms with Crippen LogP contribution >= 0.6 is 0 Å². The number of nitrogens with zero attached hydrogens (tertiary/aromatic N) is 7. The number of likely N-dealkylation sites (N-methyl/N-ethyl adjacent to an activating group) is 1. The Bertz CT molecular complexity index is 663. The van der Waals surface area contributed by atoms with E-state index >= 15 is 0 Å². The molecule has 2 aromatic heterocycles. The van der Waals surface area contributed by atoms with Crippen molar-refractivity contribution < 1.29 is 0 Å². The van der Waals surface area contributed by atoms with Crippen LogP contribution in [0.4, 0.5) is 11.6 Å². The Morgan fingerprint density at radius 2 is 1.86 bits per heavy atom. The first-order chi connectivity index (χ1) is 10.2. The Kier molecular flexibility index (Phi) is 3.41. The maximum absolute atomic E-state index is 9.38. The van der Waals surface area contributed by atoms with Crippen LogP contribution in [-0.4, -0.2) is 57.9 Å². The first-order valence-electron chi connectivity index (χ1n) is 6.70. The van der Waals surface area contributed by atoms with Crippen LogP contribution in [0.5, 0.6) is 0 Å². The number of piperazine rings is 1. The molecule has 0 spiro atoms. The van der Waals surface area contributed by atoms with Gasteiger partial charge in [-0.05, 0) is 13.1 Å². The summed E-state index contributed by atoms with van der Waals surface area (Å²) in [5.74, 6) is 1.25. The third-order valence-corrected chi connectivity index (χ3v) is 3.56. The van der Waals surface area contributed by atoms with Crippen LogP contribution in [0.15, 0.2) is 18.5 Å². The van der Waals surface area contributed by atoms with E-state index in [-0.39, 0.29) is 5.82 Å². The van der Waals surface area contributed by atoms with Gasteiger partial charge in [0, 0.05) is 38.6 Å². The maximum atomic E-state index is 9.38. The standard InChI is InChI=1S/C13H16N8/c1-19-5-7-20(8-6-19)12-10(9-14)11(15)21(18-12)13-16-3-2-4-17-13/h2-4H,5-8,15H2,1H3. The Morgan fingerprint density at radius 1 is 1.19 bits per heavy atom. The molecule has 108 valence electrons. The second kappa shape index (κ2) is 5.38. The summed E-state index contributed by atoms with van der Waals surface area (Å²) in [6.45, 7) is 3.49. The highest BCUT2D eigenvalue weighted by molar-refractivity contribution is 5.66. The summed E-state index contributed by atoms with van der Waals surface area (Å²) in [6, 6.07) is 3.86. The SMILES string of the molecule is CN1CCN(c2nn(-c3ncccn3)c(N)c2C#N)CC1. The number of hydrogen-bond acceptors (Lipinski definition) is 7. The Balaban J connectivity index is 2.00. The second-order valence-corrected chi connectivity index (χ2v) is 4.95. The van der Waals surface area contributed by atoms with Crippen molar-refractivity contribution in [1.29, 1.82) is 5.26 Å². The van der Waals surface area contributed by atoms with Gasteiger partial charge >= 0.3 is 0 Å². The molecule has 1 aliphatic rings. The minimum absolute atomic E-state index is 0.276. The first kappa shape index (κ1) is 13.3. The molecular formula is C13H16N8. The molecule has 0 aliphatic carbocycles. The lowest BCUT2D eigenvalue weighted by Crippen LogP contribution is -2.45. The summed E-state index contributed by atoms with van der Waals surface area (Å²) >= 11 is 0. The van der Waals surface area contributed by atoms with Crippen LogP contribution in [0, 0.1) is 11.3 Å². The molecule has 8 nitrogen and oxygen atoms in total. The fourth-order valence-electron chi connectivity index (χ4n) is 2.32. The molecule has 0 amide bonds. The van der Waals surface area contributed by atoms with Gasteiger partial charge in [-0.3, -0.25) is 0 Å². The highest BCUT2D eigenvalue weighted by Gasteiger charge is 2.24. The summed E-state index contributed by atoms with van der Waals surface area (Å²) in [5.41, 5.74) is 6.42. The van der Waals surface area contributed by atoms with E-state index in [2.05, 4.69) is 38.0 Å². The highest BCUT2D eigenvalue weighted by atomic mass is 15.4. The van der Waals surface area contributed by atoms with E-state index in [9.17, 15) is 5.26 Å². The van der Waals surface area contributed by atoms with Gasteiger partial charge in [-0.25, -0.2) is 9.97 Å². The topological polar surface area (TPSA) is 99.9 Å². The minimum Gasteiger partial charge on any atom is -0.382 e. The molecule has 1 saturated heterocycles. The van der Waals surface area contributed by atoms with E-state index in [1.54, 1.807) is 18.5 Å². The molecule has 1 fully saturated rings. The van der Waals surface area contributed by atoms with Crippen molar-refractivity contribution in [3.63, 3.8) is 0 Å². The molecule has 1 aliphatic heterocycles. The molecule has 0 radical (unpaired) electrons. The van der Waals surface area contributed by atoms with E-state index in [1.807, 2.05) is 0 Å². The van der Waals surface area contributed by atoms with Crippen LogP contribution in [-0.2, 0) is 0 Å². The van der Waals surface area contributed by atoms with Crippen molar-refractivity contribution in [2.75, 3.05) is 43.9 Å². The average molecular weight is 284 g/mol. The van der Waals surface area contributed by atoms with Gasteiger partial charge in [0.25, 0.3) is 5.95 Å². The van der Waals surface area contributed by atoms with E-state index < -0.39 is 0 Å². The highest BCUT2D eigenvalue weighted by Crippen LogP contribution is 2.26. The summed E-state index contributed by atoms with van der Waals surface area (Å²) in [6.07, 6.45) is 3.23. The first-order valence-corrected chi connectivity index (χ1v) is 6.70. The zero-order valence-electron chi connectivity index (χ0n) is 11.8. The Hall–Kier alpha value is -2.66. The van der Waals surface area contributed by atoms with E-state index in [0.717, 1.165) is 26.2 Å². The normalized spacial score (nSPS) is 15.9. The predicted octanol–water partition coefficient (Wildman–Crippen LogP) is -0.132. The lowest BCUT2D eigenvalue weighted by atomic mass is 10.2. The minimum atomic E-state index is 0.276. The molecule has 0 aromatic carbocycles. The van der Waals surface area contributed by atoms with Crippen molar-refractivity contribution in [2.45, 2.75) is 0 Å². The summed E-state index contributed by atoms with van der Waals surface area (Å²) in [7, 11) is 2.08. The van der Waals surface area contributed by atoms with E-state index in [4.69, 9.17) is 5.73 Å². The quantitative estimate of drug-likeness (QED) is 0.819. The molecule has 0 bridgehead atoms. The van der Waals surface area contributed by atoms with Gasteiger partial charge in [-0.2, -0.15) is 9.94 Å². The summed E-state index contributed by atoms with van der Waals surface area (Å²) in [4.78, 5) is 12.6. The van der Waals surface area contributed by atoms with Crippen LogP contribution in [0.25, 0.3) is 5.95 Å². The molecule has 0 unspecified atom stereocenters. The third kappa shape index (κ3) is 2.39. The largest absolute Gasteiger partial charge is 0.382 e. The molecule has 2 aromatic rings. The molecule has 2 N–H and O–H groups in total. The van der Waals surface area contributed by atoms with Gasteiger partial charge in [-0.1, -0.05) is 0 Å². The molecule has 0 saturated carbocycles. The summed E-state index contributed by atoms with van der Waals surface area (Å²) < 4.78 is 1.42. The fraction of sp³-hybridized carbons (Fsp3) is 0.385. The number of nitrogens with two attached hydrogens (primary N) is 1. The van der Waals surface area contributed by atoms with E-state index in [1.165, 1.54) is 4.68 Å². The van der Waals surface area contributed by atoms with Gasteiger partial charge in [0.15, 0.2) is 11.6 Å². The van der Waals surface area contributed by atoms with Crippen molar-refractivity contribution in [3.8, 4) is 12.0 Å². The number of hydrogen-bond donors (Lipinski definition) is 1. The van der Waals surface area contributed by atoms with Crippen LogP contribution < -0.4 is 10.6 Å². The van der Waals surface area contributed by atoms with Gasteiger partial charge in [0.1, 0.15) is 11.6 Å². The van der Waals surface area contributed by atoms with E-state index in [0.29, 0.717) is 17.3 Å². The van der Waals surface area contributed by atoms with Gasteiger partial charge < -0.3 is 15.5 Å². The second-order valence-electron chi connectivity index (χ2n) is 4.95. The van der Waals surface area contributed by atoms with Crippen LogP contribution in [0.2, 0.25) is 0 Å². The molecule has 3 rings (SSSR count). The molecule has 0 atom stereocenters. The Morgan fingerprint density at radius 3 is 2.48 bits per heavy atom. The lowest BCUT2D eigenvalue weighted by Gasteiger charge is -2.32. The number of nitrogen functional groups attached to an aromatic ring is 1. The number of rotatable bonds is 2. The number of nitriles is 1. The van der Waals surface area contributed by atoms with Crippen LogP contribution in [0.1, 0.15) is 5.56 Å². The van der Waals surface area contributed by atoms with Gasteiger partial charge in [0.05, 0.1) is 0 Å². The smallest absolute Gasteiger partial charge is 0.252 e. The third-order valence-electron chi connectivity index (χ3n) is 3.56. The molecule has 8 heteroatoms. The zero-order chi connectivity index (χ0) is 14.8. The average Bonchev–Trinajstić information content (AvgIpc) is 2.85.